The summed E-state index contributed by atoms with van der Waals surface area (Å²) in [7, 11) is 0. The topological polar surface area (TPSA) is 56.2 Å². The van der Waals surface area contributed by atoms with E-state index in [2.05, 4.69) is 10.3 Å². The van der Waals surface area contributed by atoms with Crippen LogP contribution in [0.5, 0.6) is 0 Å². The average Bonchev–Trinajstić information content (AvgIpc) is 2.82. The van der Waals surface area contributed by atoms with Gasteiger partial charge in [0.05, 0.1) is 6.10 Å². The van der Waals surface area contributed by atoms with Crippen molar-refractivity contribution < 1.29 is 4.74 Å². The molecule has 1 aromatic rings. The molecule has 1 aromatic heterocycles. The fraction of sp³-hybridized carbons (Fsp3) is 0.667. The summed E-state index contributed by atoms with van der Waals surface area (Å²) < 4.78 is 7.14. The van der Waals surface area contributed by atoms with E-state index in [-0.39, 0.29) is 5.69 Å². The number of nitrogens with one attached hydrogen (secondary N) is 1. The Balaban J connectivity index is 1.74. The molecule has 0 saturated carbocycles. The van der Waals surface area contributed by atoms with Crippen molar-refractivity contribution in [3.8, 4) is 0 Å². The maximum absolute atomic E-state index is 11.4. The molecule has 0 aromatic carbocycles. The summed E-state index contributed by atoms with van der Waals surface area (Å²) in [6.45, 7) is 5.11. The van der Waals surface area contributed by atoms with Crippen LogP contribution in [0, 0.1) is 6.92 Å². The molecule has 1 atom stereocenters. The van der Waals surface area contributed by atoms with Gasteiger partial charge in [0.2, 0.25) is 0 Å². The monoisotopic (exact) mass is 237 g/mol. The van der Waals surface area contributed by atoms with Gasteiger partial charge in [-0.15, -0.1) is 0 Å². The molecule has 1 N–H and O–H groups in total. The smallest absolute Gasteiger partial charge is 0.347 e. The summed E-state index contributed by atoms with van der Waals surface area (Å²) in [6, 6.07) is 0. The number of aromatic nitrogens is 2. The summed E-state index contributed by atoms with van der Waals surface area (Å²) in [5.74, 6) is 0. The van der Waals surface area contributed by atoms with Crippen molar-refractivity contribution in [2.45, 2.75) is 32.4 Å². The van der Waals surface area contributed by atoms with Crippen molar-refractivity contribution in [2.75, 3.05) is 19.7 Å². The highest BCUT2D eigenvalue weighted by Gasteiger charge is 2.14. The summed E-state index contributed by atoms with van der Waals surface area (Å²) in [5, 5.41) is 3.31. The van der Waals surface area contributed by atoms with E-state index in [9.17, 15) is 4.79 Å². The number of hydrogen-bond acceptors (Lipinski definition) is 4. The third kappa shape index (κ3) is 3.64. The summed E-state index contributed by atoms with van der Waals surface area (Å²) in [4.78, 5) is 15.2. The van der Waals surface area contributed by atoms with Crippen LogP contribution in [-0.2, 0) is 11.3 Å². The Morgan fingerprint density at radius 3 is 3.29 bits per heavy atom. The van der Waals surface area contributed by atoms with Gasteiger partial charge in [0, 0.05) is 38.6 Å². The summed E-state index contributed by atoms with van der Waals surface area (Å²) >= 11 is 0. The first-order valence-corrected chi connectivity index (χ1v) is 6.11. The Bertz CT molecular complexity index is 410. The maximum atomic E-state index is 11.4. The number of ether oxygens (including phenoxy) is 1. The number of nitrogens with zero attached hydrogens (tertiary/aromatic N) is 2. The van der Waals surface area contributed by atoms with Crippen LogP contribution in [0.2, 0.25) is 0 Å². The Kier molecular flexibility index (Phi) is 4.28. The minimum atomic E-state index is -0.186. The van der Waals surface area contributed by atoms with Crippen LogP contribution in [0.25, 0.3) is 0 Å². The zero-order chi connectivity index (χ0) is 12.1. The Hall–Kier alpha value is -1.20. The van der Waals surface area contributed by atoms with Crippen LogP contribution in [0.4, 0.5) is 0 Å². The third-order valence-electron chi connectivity index (χ3n) is 2.91. The molecular weight excluding hydrogens is 218 g/mol. The van der Waals surface area contributed by atoms with E-state index in [4.69, 9.17) is 4.74 Å². The molecule has 1 aliphatic heterocycles. The fourth-order valence-electron chi connectivity index (χ4n) is 1.99. The van der Waals surface area contributed by atoms with E-state index in [1.807, 2.05) is 13.1 Å². The summed E-state index contributed by atoms with van der Waals surface area (Å²) in [6.07, 6.45) is 6.08. The van der Waals surface area contributed by atoms with Gasteiger partial charge in [-0.1, -0.05) is 0 Å². The highest BCUT2D eigenvalue weighted by atomic mass is 16.5. The lowest BCUT2D eigenvalue weighted by Gasteiger charge is -2.11. The average molecular weight is 237 g/mol. The van der Waals surface area contributed by atoms with Gasteiger partial charge < -0.3 is 10.1 Å². The van der Waals surface area contributed by atoms with Crippen LogP contribution in [-0.4, -0.2) is 35.4 Å². The highest BCUT2D eigenvalue weighted by Crippen LogP contribution is 2.10. The SMILES string of the molecule is Cc1cnc(=O)n(CCNCC2CCCO2)c1. The zero-order valence-corrected chi connectivity index (χ0v) is 10.2. The highest BCUT2D eigenvalue weighted by molar-refractivity contribution is 4.99. The van der Waals surface area contributed by atoms with E-state index < -0.39 is 0 Å². The van der Waals surface area contributed by atoms with Crippen molar-refractivity contribution in [2.24, 2.45) is 0 Å². The van der Waals surface area contributed by atoms with E-state index >= 15 is 0 Å². The van der Waals surface area contributed by atoms with Gasteiger partial charge in [0.1, 0.15) is 0 Å². The van der Waals surface area contributed by atoms with Crippen molar-refractivity contribution in [3.05, 3.63) is 28.4 Å². The molecule has 1 aliphatic rings. The quantitative estimate of drug-likeness (QED) is 0.749. The first-order valence-electron chi connectivity index (χ1n) is 6.11. The van der Waals surface area contributed by atoms with Gasteiger partial charge in [-0.2, -0.15) is 0 Å². The zero-order valence-electron chi connectivity index (χ0n) is 10.2. The predicted molar refractivity (Wildman–Crippen MR) is 65.1 cm³/mol. The largest absolute Gasteiger partial charge is 0.377 e. The van der Waals surface area contributed by atoms with Crippen molar-refractivity contribution in [1.82, 2.24) is 14.9 Å². The molecule has 0 spiro atoms. The van der Waals surface area contributed by atoms with Gasteiger partial charge in [0.25, 0.3) is 0 Å². The van der Waals surface area contributed by atoms with Gasteiger partial charge in [-0.3, -0.25) is 4.57 Å². The molecule has 0 aliphatic carbocycles. The van der Waals surface area contributed by atoms with Gasteiger partial charge in [-0.05, 0) is 25.3 Å². The van der Waals surface area contributed by atoms with Gasteiger partial charge >= 0.3 is 5.69 Å². The standard InChI is InChI=1S/C12H19N3O2/c1-10-7-14-12(16)15(9-10)5-4-13-8-11-3-2-6-17-11/h7,9,11,13H,2-6,8H2,1H3. The molecule has 2 rings (SSSR count). The first kappa shape index (κ1) is 12.3. The minimum Gasteiger partial charge on any atom is -0.377 e. The van der Waals surface area contributed by atoms with E-state index in [1.54, 1.807) is 10.8 Å². The van der Waals surface area contributed by atoms with Crippen molar-refractivity contribution >= 4 is 0 Å². The van der Waals surface area contributed by atoms with E-state index in [1.165, 1.54) is 0 Å². The molecule has 94 valence electrons. The molecule has 1 saturated heterocycles. The Morgan fingerprint density at radius 2 is 2.53 bits per heavy atom. The lowest BCUT2D eigenvalue weighted by atomic mass is 10.2. The Morgan fingerprint density at radius 1 is 1.65 bits per heavy atom. The second kappa shape index (κ2) is 5.93. The number of aryl methyl sites for hydroxylation is 1. The molecule has 5 nitrogen and oxygen atoms in total. The first-order chi connectivity index (χ1) is 8.25. The second-order valence-electron chi connectivity index (χ2n) is 4.45. The molecule has 1 unspecified atom stereocenters. The predicted octanol–water partition coefficient (Wildman–Crippen LogP) is 0.320. The lowest BCUT2D eigenvalue weighted by Crippen LogP contribution is -2.32. The van der Waals surface area contributed by atoms with Crippen LogP contribution in [0.3, 0.4) is 0 Å². The molecule has 0 bridgehead atoms. The second-order valence-corrected chi connectivity index (χ2v) is 4.45. The van der Waals surface area contributed by atoms with E-state index in [0.717, 1.165) is 38.1 Å². The molecule has 5 heteroatoms. The van der Waals surface area contributed by atoms with Gasteiger partial charge in [-0.25, -0.2) is 9.78 Å². The summed E-state index contributed by atoms with van der Waals surface area (Å²) in [5.41, 5.74) is 0.818. The minimum absolute atomic E-state index is 0.186. The lowest BCUT2D eigenvalue weighted by molar-refractivity contribution is 0.110. The number of hydrogen-bond donors (Lipinski definition) is 1. The fourth-order valence-corrected chi connectivity index (χ4v) is 1.99. The molecule has 0 amide bonds. The number of rotatable bonds is 5. The molecular formula is C12H19N3O2. The van der Waals surface area contributed by atoms with Crippen molar-refractivity contribution in [1.29, 1.82) is 0 Å². The normalized spacial score (nSPS) is 19.7. The molecule has 2 heterocycles. The van der Waals surface area contributed by atoms with E-state index in [0.29, 0.717) is 12.6 Å². The maximum Gasteiger partial charge on any atom is 0.347 e. The molecule has 0 radical (unpaired) electrons. The molecule has 17 heavy (non-hydrogen) atoms. The third-order valence-corrected chi connectivity index (χ3v) is 2.91. The van der Waals surface area contributed by atoms with Crippen LogP contribution >= 0.6 is 0 Å². The van der Waals surface area contributed by atoms with Crippen LogP contribution in [0.1, 0.15) is 18.4 Å². The van der Waals surface area contributed by atoms with Crippen LogP contribution in [0.15, 0.2) is 17.2 Å². The van der Waals surface area contributed by atoms with Crippen molar-refractivity contribution in [3.63, 3.8) is 0 Å². The Labute approximate surface area is 101 Å². The van der Waals surface area contributed by atoms with Crippen LogP contribution < -0.4 is 11.0 Å². The molecule has 1 fully saturated rings. The van der Waals surface area contributed by atoms with Gasteiger partial charge in [0.15, 0.2) is 0 Å².